The Morgan fingerprint density at radius 3 is 2.91 bits per heavy atom. The quantitative estimate of drug-likeness (QED) is 0.937. The zero-order valence-corrected chi connectivity index (χ0v) is 12.2. The minimum Gasteiger partial charge on any atom is -0.496 e. The number of aromatic nitrogens is 1. The molecule has 0 spiro atoms. The van der Waals surface area contributed by atoms with Gasteiger partial charge in [0.25, 0.3) is 5.91 Å². The summed E-state index contributed by atoms with van der Waals surface area (Å²) in [6, 6.07) is 6.49. The van der Waals surface area contributed by atoms with Gasteiger partial charge in [-0.15, -0.1) is 0 Å². The monoisotopic (exact) mass is 300 g/mol. The Kier molecular flexibility index (Phi) is 3.66. The number of hydrogen-bond acceptors (Lipinski definition) is 4. The van der Waals surface area contributed by atoms with Gasteiger partial charge >= 0.3 is 5.97 Å². The number of amides is 1. The van der Waals surface area contributed by atoms with Gasteiger partial charge in [-0.05, 0) is 30.4 Å². The van der Waals surface area contributed by atoms with Crippen molar-refractivity contribution in [2.75, 3.05) is 13.7 Å². The molecule has 0 aliphatic carbocycles. The highest BCUT2D eigenvalue weighted by Gasteiger charge is 2.35. The van der Waals surface area contributed by atoms with Gasteiger partial charge in [0.15, 0.2) is 0 Å². The van der Waals surface area contributed by atoms with Crippen molar-refractivity contribution >= 4 is 22.6 Å². The van der Waals surface area contributed by atoms with Crippen molar-refractivity contribution in [3.63, 3.8) is 0 Å². The molecule has 1 saturated heterocycles. The number of rotatable bonds is 3. The summed E-state index contributed by atoms with van der Waals surface area (Å²) in [5, 5.41) is 10.7. The first-order valence-corrected chi connectivity index (χ1v) is 7.09. The van der Waals surface area contributed by atoms with Crippen molar-refractivity contribution in [3.8, 4) is 5.75 Å². The molecule has 2 heterocycles. The van der Waals surface area contributed by atoms with Crippen LogP contribution >= 0.6 is 0 Å². The molecule has 1 amide bonds. The fourth-order valence-electron chi connectivity index (χ4n) is 2.93. The Balaban J connectivity index is 2.10. The average Bonchev–Trinajstić information content (AvgIpc) is 3.02. The second-order valence-corrected chi connectivity index (χ2v) is 5.21. The molecule has 114 valence electrons. The van der Waals surface area contributed by atoms with Gasteiger partial charge in [0.2, 0.25) is 0 Å². The van der Waals surface area contributed by atoms with E-state index in [1.807, 2.05) is 12.1 Å². The molecule has 0 bridgehead atoms. The summed E-state index contributed by atoms with van der Waals surface area (Å²) in [6.07, 6.45) is 2.72. The Labute approximate surface area is 127 Å². The molecule has 6 nitrogen and oxygen atoms in total. The van der Waals surface area contributed by atoms with E-state index in [0.29, 0.717) is 30.5 Å². The molecule has 6 heteroatoms. The number of hydrogen-bond donors (Lipinski definition) is 1. The van der Waals surface area contributed by atoms with Gasteiger partial charge in [0.05, 0.1) is 12.5 Å². The summed E-state index contributed by atoms with van der Waals surface area (Å²) in [5.74, 6) is -0.780. The van der Waals surface area contributed by atoms with Crippen LogP contribution in [0.5, 0.6) is 5.75 Å². The van der Waals surface area contributed by atoms with E-state index >= 15 is 0 Å². The standard InChI is InChI=1S/C16H16N2O4/c1-22-12-6-2-4-10-7-8-17-14(13(10)12)15(19)18-9-3-5-11(18)16(20)21/h2,4,6-8,11H,3,5,9H2,1H3,(H,20,21). The second kappa shape index (κ2) is 5.63. The fourth-order valence-corrected chi connectivity index (χ4v) is 2.93. The van der Waals surface area contributed by atoms with Crippen molar-refractivity contribution in [2.24, 2.45) is 0 Å². The first-order valence-electron chi connectivity index (χ1n) is 7.09. The number of methoxy groups -OCH3 is 1. The van der Waals surface area contributed by atoms with Gasteiger partial charge in [-0.3, -0.25) is 9.78 Å². The summed E-state index contributed by atoms with van der Waals surface area (Å²) < 4.78 is 5.33. The van der Waals surface area contributed by atoms with E-state index in [1.54, 1.807) is 18.3 Å². The average molecular weight is 300 g/mol. The van der Waals surface area contributed by atoms with Crippen LogP contribution in [-0.2, 0) is 4.79 Å². The number of likely N-dealkylation sites (tertiary alicyclic amines) is 1. The SMILES string of the molecule is COc1cccc2ccnc(C(=O)N3CCCC3C(=O)O)c12. The number of pyridine rings is 1. The van der Waals surface area contributed by atoms with Crippen LogP contribution in [0.1, 0.15) is 23.3 Å². The van der Waals surface area contributed by atoms with E-state index < -0.39 is 12.0 Å². The molecule has 1 atom stereocenters. The van der Waals surface area contributed by atoms with Crippen LogP contribution in [0.2, 0.25) is 0 Å². The van der Waals surface area contributed by atoms with Crippen molar-refractivity contribution in [1.82, 2.24) is 9.88 Å². The maximum Gasteiger partial charge on any atom is 0.326 e. The van der Waals surface area contributed by atoms with Crippen LogP contribution in [0.15, 0.2) is 30.5 Å². The molecule has 1 aliphatic heterocycles. The molecule has 1 fully saturated rings. The van der Waals surface area contributed by atoms with Crippen LogP contribution in [0.3, 0.4) is 0 Å². The van der Waals surface area contributed by atoms with Crippen LogP contribution in [-0.4, -0.2) is 46.6 Å². The predicted octanol–water partition coefficient (Wildman–Crippen LogP) is 1.93. The van der Waals surface area contributed by atoms with Crippen molar-refractivity contribution in [1.29, 1.82) is 0 Å². The molecule has 1 aliphatic rings. The lowest BCUT2D eigenvalue weighted by Gasteiger charge is -2.21. The van der Waals surface area contributed by atoms with Crippen LogP contribution < -0.4 is 4.74 Å². The number of nitrogens with zero attached hydrogens (tertiary/aromatic N) is 2. The highest BCUT2D eigenvalue weighted by atomic mass is 16.5. The van der Waals surface area contributed by atoms with Crippen molar-refractivity contribution in [3.05, 3.63) is 36.2 Å². The molecule has 1 unspecified atom stereocenters. The van der Waals surface area contributed by atoms with E-state index in [1.165, 1.54) is 12.0 Å². The minimum atomic E-state index is -0.974. The summed E-state index contributed by atoms with van der Waals surface area (Å²) in [4.78, 5) is 29.7. The van der Waals surface area contributed by atoms with Gasteiger partial charge in [-0.25, -0.2) is 4.79 Å². The second-order valence-electron chi connectivity index (χ2n) is 5.21. The Hall–Kier alpha value is -2.63. The summed E-state index contributed by atoms with van der Waals surface area (Å²) in [6.45, 7) is 0.434. The molecule has 1 aromatic carbocycles. The maximum absolute atomic E-state index is 12.8. The molecular formula is C16H16N2O4. The molecule has 0 saturated carbocycles. The molecule has 1 N–H and O–H groups in total. The highest BCUT2D eigenvalue weighted by Crippen LogP contribution is 2.30. The van der Waals surface area contributed by atoms with Crippen molar-refractivity contribution < 1.29 is 19.4 Å². The molecular weight excluding hydrogens is 284 g/mol. The fraction of sp³-hybridized carbons (Fsp3) is 0.312. The number of aliphatic carboxylic acids is 1. The summed E-state index contributed by atoms with van der Waals surface area (Å²) in [7, 11) is 1.53. The van der Waals surface area contributed by atoms with E-state index in [9.17, 15) is 14.7 Å². The zero-order valence-electron chi connectivity index (χ0n) is 12.2. The number of benzene rings is 1. The van der Waals surface area contributed by atoms with Gasteiger partial charge in [-0.1, -0.05) is 12.1 Å². The third-order valence-electron chi connectivity index (χ3n) is 3.97. The topological polar surface area (TPSA) is 79.7 Å². The van der Waals surface area contributed by atoms with Gasteiger partial charge in [0, 0.05) is 12.7 Å². The highest BCUT2D eigenvalue weighted by molar-refractivity contribution is 6.08. The van der Waals surface area contributed by atoms with Crippen LogP contribution in [0.4, 0.5) is 0 Å². The van der Waals surface area contributed by atoms with E-state index in [2.05, 4.69) is 4.98 Å². The molecule has 1 aromatic heterocycles. The predicted molar refractivity (Wildman–Crippen MR) is 80.0 cm³/mol. The van der Waals surface area contributed by atoms with E-state index in [-0.39, 0.29) is 11.6 Å². The number of carboxylic acids is 1. The Morgan fingerprint density at radius 2 is 2.18 bits per heavy atom. The van der Waals surface area contributed by atoms with Crippen molar-refractivity contribution in [2.45, 2.75) is 18.9 Å². The zero-order chi connectivity index (χ0) is 15.7. The smallest absolute Gasteiger partial charge is 0.326 e. The van der Waals surface area contributed by atoms with Crippen LogP contribution in [0.25, 0.3) is 10.8 Å². The van der Waals surface area contributed by atoms with E-state index in [0.717, 1.165) is 5.39 Å². The molecule has 22 heavy (non-hydrogen) atoms. The maximum atomic E-state index is 12.8. The van der Waals surface area contributed by atoms with Gasteiger partial charge in [-0.2, -0.15) is 0 Å². The minimum absolute atomic E-state index is 0.239. The number of carbonyl (C=O) groups excluding carboxylic acids is 1. The third kappa shape index (κ3) is 2.26. The normalized spacial score (nSPS) is 17.7. The molecule has 0 radical (unpaired) electrons. The number of carboxylic acid groups (broad SMARTS) is 1. The molecule has 3 rings (SSSR count). The lowest BCUT2D eigenvalue weighted by atomic mass is 10.1. The van der Waals surface area contributed by atoms with E-state index in [4.69, 9.17) is 4.74 Å². The first kappa shape index (κ1) is 14.3. The van der Waals surface area contributed by atoms with Gasteiger partial charge < -0.3 is 14.7 Å². The Morgan fingerprint density at radius 1 is 1.36 bits per heavy atom. The molecule has 2 aromatic rings. The first-order chi connectivity index (χ1) is 10.6. The number of ether oxygens (including phenoxy) is 1. The third-order valence-corrected chi connectivity index (χ3v) is 3.97. The summed E-state index contributed by atoms with van der Waals surface area (Å²) >= 11 is 0. The van der Waals surface area contributed by atoms with Crippen LogP contribution in [0, 0.1) is 0 Å². The Bertz CT molecular complexity index is 739. The number of fused-ring (bicyclic) bond motifs is 1. The summed E-state index contributed by atoms with van der Waals surface area (Å²) in [5.41, 5.74) is 0.239. The number of carbonyl (C=O) groups is 2. The largest absolute Gasteiger partial charge is 0.496 e. The van der Waals surface area contributed by atoms with Gasteiger partial charge in [0.1, 0.15) is 17.5 Å². The lowest BCUT2D eigenvalue weighted by Crippen LogP contribution is -2.40. The lowest BCUT2D eigenvalue weighted by molar-refractivity contribution is -0.141.